The minimum atomic E-state index is -3.91. The summed E-state index contributed by atoms with van der Waals surface area (Å²) in [7, 11) is -2.39. The Balaban J connectivity index is 1.55. The number of thiophene rings is 1. The molecule has 39 heavy (non-hydrogen) atoms. The van der Waals surface area contributed by atoms with Gasteiger partial charge < -0.3 is 21.5 Å². The van der Waals surface area contributed by atoms with Crippen molar-refractivity contribution in [3.63, 3.8) is 0 Å². The van der Waals surface area contributed by atoms with Crippen molar-refractivity contribution < 1.29 is 17.9 Å². The summed E-state index contributed by atoms with van der Waals surface area (Å²) in [6.07, 6.45) is 2.23. The molecule has 2 aromatic heterocycles. The Bertz CT molecular complexity index is 1550. The molecule has 0 aliphatic carbocycles. The van der Waals surface area contributed by atoms with Crippen LogP contribution in [-0.4, -0.2) is 43.8 Å². The summed E-state index contributed by atoms with van der Waals surface area (Å²) >= 11 is 6.91. The number of hydrogen-bond acceptors (Lipinski definition) is 8. The molecule has 0 fully saturated rings. The fourth-order valence-corrected chi connectivity index (χ4v) is 6.64. The topological polar surface area (TPSA) is 154 Å². The summed E-state index contributed by atoms with van der Waals surface area (Å²) in [4.78, 5) is 12.4. The van der Waals surface area contributed by atoms with Crippen LogP contribution in [0.5, 0.6) is 5.75 Å². The molecule has 0 unspecified atom stereocenters. The number of nitrogens with zero attached hydrogens (tertiary/aromatic N) is 2. The molecule has 0 aliphatic heterocycles. The van der Waals surface area contributed by atoms with E-state index in [-0.39, 0.29) is 15.9 Å². The highest BCUT2D eigenvalue weighted by Gasteiger charge is 2.23. The maximum absolute atomic E-state index is 13.0. The molecule has 4 rings (SSSR count). The van der Waals surface area contributed by atoms with E-state index in [1.54, 1.807) is 10.7 Å². The van der Waals surface area contributed by atoms with Crippen molar-refractivity contribution >= 4 is 55.6 Å². The molecule has 2 heterocycles. The Morgan fingerprint density at radius 1 is 1.15 bits per heavy atom. The Labute approximate surface area is 236 Å². The van der Waals surface area contributed by atoms with Crippen molar-refractivity contribution in [3.8, 4) is 5.75 Å². The summed E-state index contributed by atoms with van der Waals surface area (Å²) < 4.78 is 36.3. The highest BCUT2D eigenvalue weighted by molar-refractivity contribution is 7.94. The van der Waals surface area contributed by atoms with Gasteiger partial charge in [-0.15, -0.1) is 11.3 Å². The number of halogens is 1. The second kappa shape index (κ2) is 12.8. The lowest BCUT2D eigenvalue weighted by Gasteiger charge is -2.13. The average molecular weight is 591 g/mol. The van der Waals surface area contributed by atoms with Crippen LogP contribution in [0.3, 0.4) is 0 Å². The third-order valence-corrected chi connectivity index (χ3v) is 9.16. The van der Waals surface area contributed by atoms with Gasteiger partial charge >= 0.3 is 0 Å². The predicted molar refractivity (Wildman–Crippen MR) is 155 cm³/mol. The summed E-state index contributed by atoms with van der Waals surface area (Å²) in [6.45, 7) is 1.27. The van der Waals surface area contributed by atoms with E-state index in [9.17, 15) is 13.2 Å². The second-order valence-corrected chi connectivity index (χ2v) is 12.6. The van der Waals surface area contributed by atoms with Crippen LogP contribution in [0.1, 0.15) is 30.4 Å². The van der Waals surface area contributed by atoms with Gasteiger partial charge in [0.05, 0.1) is 34.9 Å². The molecule has 0 bridgehead atoms. The first kappa shape index (κ1) is 28.8. The lowest BCUT2D eigenvalue weighted by molar-refractivity contribution is -0.122. The zero-order valence-electron chi connectivity index (χ0n) is 21.4. The summed E-state index contributed by atoms with van der Waals surface area (Å²) in [5.74, 6) is 0.436. The molecule has 2 aromatic carbocycles. The molecular formula is C26H31ClN6O4S2. The van der Waals surface area contributed by atoms with Crippen molar-refractivity contribution in [1.82, 2.24) is 15.1 Å². The summed E-state index contributed by atoms with van der Waals surface area (Å²) in [5.41, 5.74) is 14.0. The number of anilines is 1. The number of amides is 1. The van der Waals surface area contributed by atoms with Crippen molar-refractivity contribution in [2.75, 3.05) is 18.4 Å². The summed E-state index contributed by atoms with van der Waals surface area (Å²) in [6, 6.07) is 15.5. The Morgan fingerprint density at radius 3 is 2.64 bits per heavy atom. The first-order valence-corrected chi connectivity index (χ1v) is 15.0. The number of ether oxygens (including phenoxy) is 1. The maximum atomic E-state index is 13.0. The monoisotopic (exact) mass is 590 g/mol. The van der Waals surface area contributed by atoms with Gasteiger partial charge in [0, 0.05) is 6.54 Å². The first-order chi connectivity index (χ1) is 18.7. The molecule has 0 aliphatic rings. The number of unbranched alkanes of at least 4 members (excludes halogenated alkanes) is 1. The van der Waals surface area contributed by atoms with Gasteiger partial charge in [0.25, 0.3) is 10.0 Å². The minimum Gasteiger partial charge on any atom is -0.496 e. The number of hydrogen-bond donors (Lipinski definition) is 4. The van der Waals surface area contributed by atoms with Crippen LogP contribution in [0.15, 0.2) is 58.8 Å². The number of carbonyl (C=O) groups excluding carboxylic acids is 1. The van der Waals surface area contributed by atoms with Crippen LogP contribution in [-0.2, 0) is 27.9 Å². The maximum Gasteiger partial charge on any atom is 0.272 e. The molecule has 0 radical (unpaired) electrons. The van der Waals surface area contributed by atoms with Crippen LogP contribution < -0.4 is 26.2 Å². The highest BCUT2D eigenvalue weighted by Crippen LogP contribution is 2.35. The number of carbonyl (C=O) groups is 1. The predicted octanol–water partition coefficient (Wildman–Crippen LogP) is 3.68. The lowest BCUT2D eigenvalue weighted by Crippen LogP contribution is -2.40. The number of sulfonamides is 1. The minimum absolute atomic E-state index is 0.0824. The van der Waals surface area contributed by atoms with Crippen LogP contribution in [0, 0.1) is 0 Å². The number of nitrogens with one attached hydrogen (secondary N) is 2. The Morgan fingerprint density at radius 2 is 1.92 bits per heavy atom. The lowest BCUT2D eigenvalue weighted by atomic mass is 10.1. The van der Waals surface area contributed by atoms with Gasteiger partial charge in [0.2, 0.25) is 5.91 Å². The van der Waals surface area contributed by atoms with Gasteiger partial charge in [-0.2, -0.15) is 5.10 Å². The van der Waals surface area contributed by atoms with Gasteiger partial charge in [0.1, 0.15) is 9.96 Å². The third-order valence-electron chi connectivity index (χ3n) is 6.10. The van der Waals surface area contributed by atoms with Crippen LogP contribution >= 0.6 is 22.9 Å². The average Bonchev–Trinajstić information content (AvgIpc) is 3.51. The van der Waals surface area contributed by atoms with E-state index >= 15 is 0 Å². The number of nitrogens with two attached hydrogens (primary N) is 2. The van der Waals surface area contributed by atoms with Gasteiger partial charge in [0.15, 0.2) is 5.82 Å². The van der Waals surface area contributed by atoms with E-state index in [1.807, 2.05) is 36.4 Å². The molecule has 13 heteroatoms. The number of aromatic nitrogens is 2. The van der Waals surface area contributed by atoms with E-state index in [0.717, 1.165) is 35.3 Å². The van der Waals surface area contributed by atoms with Gasteiger partial charge in [-0.1, -0.05) is 48.4 Å². The largest absolute Gasteiger partial charge is 0.496 e. The highest BCUT2D eigenvalue weighted by atomic mass is 35.5. The van der Waals surface area contributed by atoms with E-state index in [4.69, 9.17) is 27.8 Å². The third kappa shape index (κ3) is 7.08. The second-order valence-electron chi connectivity index (χ2n) is 8.95. The first-order valence-electron chi connectivity index (χ1n) is 12.3. The smallest absolute Gasteiger partial charge is 0.272 e. The van der Waals surface area contributed by atoms with Gasteiger partial charge in [-0.25, -0.2) is 8.42 Å². The Hall–Kier alpha value is -3.16. The van der Waals surface area contributed by atoms with Crippen LogP contribution in [0.4, 0.5) is 5.82 Å². The molecule has 208 valence electrons. The van der Waals surface area contributed by atoms with Crippen molar-refractivity contribution in [2.45, 2.75) is 42.6 Å². The standard InChI is InChI=1S/C26H31ClN6O4S2/c1-37-21-10-5-9-20-24(21)25(32-39(35,36)23-12-11-22(27)38-23)31-33(20)16-18-7-4-6-17(14-18)15-30-26(34)19(29)8-2-3-13-28/h4-7,9-12,14,19H,2-3,8,13,15-16,28-29H2,1H3,(H,30,34)(H,31,32)/t19-/m0/s1. The van der Waals surface area contributed by atoms with Gasteiger partial charge in [-0.3, -0.25) is 14.2 Å². The van der Waals surface area contributed by atoms with Crippen LogP contribution in [0.25, 0.3) is 10.9 Å². The zero-order valence-corrected chi connectivity index (χ0v) is 23.8. The normalized spacial score (nSPS) is 12.4. The summed E-state index contributed by atoms with van der Waals surface area (Å²) in [5, 5.41) is 8.03. The number of fused-ring (bicyclic) bond motifs is 1. The molecule has 4 aromatic rings. The molecule has 1 amide bonds. The molecule has 10 nitrogen and oxygen atoms in total. The molecule has 0 saturated carbocycles. The molecule has 0 saturated heterocycles. The van der Waals surface area contributed by atoms with Crippen molar-refractivity contribution in [3.05, 3.63) is 70.1 Å². The zero-order chi connectivity index (χ0) is 28.0. The van der Waals surface area contributed by atoms with E-state index in [1.165, 1.54) is 19.2 Å². The van der Waals surface area contributed by atoms with Gasteiger partial charge in [-0.05, 0) is 54.8 Å². The quantitative estimate of drug-likeness (QED) is 0.173. The SMILES string of the molecule is COc1cccc2c1c(NS(=O)(=O)c1ccc(Cl)s1)nn2Cc1cccc(CNC(=O)[C@@H](N)CCCCN)c1. The molecule has 0 spiro atoms. The number of methoxy groups -OCH3 is 1. The fourth-order valence-electron chi connectivity index (χ4n) is 4.15. The van der Waals surface area contributed by atoms with Crippen molar-refractivity contribution in [1.29, 1.82) is 0 Å². The van der Waals surface area contributed by atoms with E-state index in [2.05, 4.69) is 15.1 Å². The molecule has 1 atom stereocenters. The van der Waals surface area contributed by atoms with Crippen LogP contribution in [0.2, 0.25) is 4.34 Å². The number of rotatable bonds is 13. The molecule has 6 N–H and O–H groups in total. The molecular weight excluding hydrogens is 560 g/mol. The fraction of sp³-hybridized carbons (Fsp3) is 0.308. The van der Waals surface area contributed by atoms with E-state index in [0.29, 0.717) is 47.0 Å². The van der Waals surface area contributed by atoms with E-state index < -0.39 is 16.1 Å². The Kier molecular flexibility index (Phi) is 9.46. The van der Waals surface area contributed by atoms with Crippen molar-refractivity contribution in [2.24, 2.45) is 11.5 Å². The number of benzene rings is 2.